The number of ether oxygens (including phenoxy) is 1. The maximum atomic E-state index is 14.5. The smallest absolute Gasteiger partial charge is 0.246 e. The van der Waals surface area contributed by atoms with E-state index in [0.717, 1.165) is 5.56 Å². The zero-order valence-corrected chi connectivity index (χ0v) is 49.1. The lowest BCUT2D eigenvalue weighted by Gasteiger charge is -2.30. The first-order valence-corrected chi connectivity index (χ1v) is 29.7. The number of carbonyl (C=O) groups is 11. The number of benzene rings is 3. The minimum Gasteiger partial charge on any atom is -0.508 e. The highest BCUT2D eigenvalue weighted by Crippen LogP contribution is 2.44. The number of hydrogen-bond donors (Lipinski definition) is 10. The summed E-state index contributed by atoms with van der Waals surface area (Å²) in [6.07, 6.45) is -0.857. The fraction of sp³-hybridized carbons (Fsp3) is 0.508. The van der Waals surface area contributed by atoms with Crippen molar-refractivity contribution >= 4 is 89.1 Å². The molecule has 3 aromatic rings. The minimum atomic E-state index is -1.51. The Balaban J connectivity index is 1.28. The minimum absolute atomic E-state index is 0.0158. The van der Waals surface area contributed by atoms with Crippen molar-refractivity contribution < 1.29 is 62.6 Å². The van der Waals surface area contributed by atoms with Crippen LogP contribution in [0.1, 0.15) is 115 Å². The summed E-state index contributed by atoms with van der Waals surface area (Å²) in [5.74, 6) is -8.98. The van der Waals surface area contributed by atoms with Gasteiger partial charge in [-0.3, -0.25) is 52.7 Å². The molecule has 5 rings (SSSR count). The quantitative estimate of drug-likeness (QED) is 0.0392. The number of thioether (sulfide) groups is 1. The molecule has 0 spiro atoms. The first kappa shape index (κ1) is 66.3. The van der Waals surface area contributed by atoms with Gasteiger partial charge in [-0.2, -0.15) is 24.4 Å². The second-order valence-electron chi connectivity index (χ2n) is 21.7. The van der Waals surface area contributed by atoms with Gasteiger partial charge in [0, 0.05) is 67.7 Å². The Labute approximate surface area is 493 Å². The Morgan fingerprint density at radius 2 is 1.33 bits per heavy atom. The molecule has 22 nitrogen and oxygen atoms in total. The molecule has 0 aliphatic carbocycles. The summed E-state index contributed by atoms with van der Waals surface area (Å²) in [6, 6.07) is 15.7. The number of amides is 9. The summed E-state index contributed by atoms with van der Waals surface area (Å²) in [5, 5.41) is 23.6. The van der Waals surface area contributed by atoms with Crippen molar-refractivity contribution in [2.75, 3.05) is 18.1 Å². The molecule has 6 unspecified atom stereocenters. The lowest BCUT2D eigenvalue weighted by Crippen LogP contribution is -2.58. The summed E-state index contributed by atoms with van der Waals surface area (Å²) in [6.45, 7) is 7.29. The van der Waals surface area contributed by atoms with Gasteiger partial charge in [0.2, 0.25) is 53.2 Å². The number of nitrogens with one attached hydrogen (secondary N) is 5. The Bertz CT molecular complexity index is 2770. The highest BCUT2D eigenvalue weighted by atomic mass is 32.2. The molecule has 450 valence electrons. The first-order valence-electron chi connectivity index (χ1n) is 28.0. The lowest BCUT2D eigenvalue weighted by molar-refractivity contribution is -0.142. The van der Waals surface area contributed by atoms with E-state index in [-0.39, 0.29) is 73.6 Å². The van der Waals surface area contributed by atoms with Crippen molar-refractivity contribution in [3.63, 3.8) is 0 Å². The number of thiol groups is 1. The fourth-order valence-electron chi connectivity index (χ4n) is 9.90. The second-order valence-corrected chi connectivity index (χ2v) is 23.3. The van der Waals surface area contributed by atoms with E-state index in [1.807, 2.05) is 68.4 Å². The number of phenolic OH excluding ortho intramolecular Hbond substituents is 1. The Morgan fingerprint density at radius 1 is 0.687 bits per heavy atom. The number of hydrogen-bond acceptors (Lipinski definition) is 15. The van der Waals surface area contributed by atoms with Crippen LogP contribution in [-0.4, -0.2) is 129 Å². The van der Waals surface area contributed by atoms with Crippen LogP contribution >= 0.6 is 24.4 Å². The molecule has 0 aromatic heterocycles. The number of carbonyl (C=O) groups excluding carboxylic acids is 11. The topological polar surface area (TPSA) is 359 Å². The van der Waals surface area contributed by atoms with E-state index in [4.69, 9.17) is 21.9 Å². The van der Waals surface area contributed by atoms with Crippen LogP contribution in [-0.2, 0) is 59.2 Å². The maximum absolute atomic E-state index is 14.5. The highest BCUT2D eigenvalue weighted by molar-refractivity contribution is 7.99. The summed E-state index contributed by atoms with van der Waals surface area (Å²) in [4.78, 5) is 149. The number of likely N-dealkylation sites (tertiary alicyclic amines) is 1. The number of Topliss-reactive ketones (excluding diaryl/α,β-unsaturated/α-hetero) is 2. The van der Waals surface area contributed by atoms with Gasteiger partial charge >= 0.3 is 0 Å². The number of primary amides is 3. The van der Waals surface area contributed by atoms with Gasteiger partial charge in [-0.15, -0.1) is 0 Å². The van der Waals surface area contributed by atoms with Gasteiger partial charge in [-0.05, 0) is 91.5 Å². The number of phenols is 1. The van der Waals surface area contributed by atoms with E-state index in [2.05, 4.69) is 39.2 Å². The van der Waals surface area contributed by atoms with Crippen LogP contribution < -0.4 is 48.5 Å². The predicted octanol–water partition coefficient (Wildman–Crippen LogP) is 3.21. The van der Waals surface area contributed by atoms with Crippen LogP contribution in [0.4, 0.5) is 0 Å². The number of rotatable bonds is 33. The molecule has 3 aromatic carbocycles. The number of para-hydroxylation sites is 1. The number of aromatic hydroxyl groups is 1. The Morgan fingerprint density at radius 3 is 1.94 bits per heavy atom. The van der Waals surface area contributed by atoms with Crippen LogP contribution in [0.3, 0.4) is 0 Å². The maximum Gasteiger partial charge on any atom is 0.246 e. The summed E-state index contributed by atoms with van der Waals surface area (Å²) < 4.78 is 5.95. The van der Waals surface area contributed by atoms with Crippen molar-refractivity contribution in [1.82, 2.24) is 31.5 Å². The van der Waals surface area contributed by atoms with Crippen LogP contribution in [0.2, 0.25) is 0 Å². The third kappa shape index (κ3) is 20.7. The second kappa shape index (κ2) is 32.4. The SMILES string of the molecule is CC[C@H](C)C(NC(=O)[C@H](Cc1ccc(O)cc1)NC(=O)C1CSC(c2ccc(Oc3ccccc3)cc2)C1)C(=O)NC(CCC(N)=O)C(=O)CC(CC(N)=O)C(=O)N[C@@H](CS)C(=O)N1CCCC1C(=O)N[C@@H](CC(C)C)C(=O)CCC(N)=O. The molecule has 0 bridgehead atoms. The van der Waals surface area contributed by atoms with Crippen molar-refractivity contribution in [3.05, 3.63) is 90.0 Å². The zero-order chi connectivity index (χ0) is 60.9. The largest absolute Gasteiger partial charge is 0.508 e. The van der Waals surface area contributed by atoms with Crippen molar-refractivity contribution in [2.24, 2.45) is 40.9 Å². The summed E-state index contributed by atoms with van der Waals surface area (Å²) >= 11 is 5.91. The Hall–Kier alpha value is -7.47. The number of nitrogens with zero attached hydrogens (tertiary/aromatic N) is 1. The molecular weight excluding hydrogens is 1110 g/mol. The molecular formula is C59H79N9O13S2. The number of nitrogens with two attached hydrogens (primary N) is 3. The first-order chi connectivity index (χ1) is 39.5. The molecule has 83 heavy (non-hydrogen) atoms. The Kier molecular flexibility index (Phi) is 25.9. The highest BCUT2D eigenvalue weighted by Gasteiger charge is 2.41. The van der Waals surface area contributed by atoms with E-state index >= 15 is 0 Å². The van der Waals surface area contributed by atoms with E-state index in [1.165, 1.54) is 17.0 Å². The van der Waals surface area contributed by atoms with Crippen molar-refractivity contribution in [1.29, 1.82) is 0 Å². The van der Waals surface area contributed by atoms with Crippen molar-refractivity contribution in [2.45, 2.75) is 146 Å². The fourth-order valence-corrected chi connectivity index (χ4v) is 11.6. The lowest BCUT2D eigenvalue weighted by atomic mass is 9.91. The van der Waals surface area contributed by atoms with E-state index in [0.29, 0.717) is 42.1 Å². The van der Waals surface area contributed by atoms with Gasteiger partial charge in [-0.25, -0.2) is 0 Å². The molecule has 2 aliphatic heterocycles. The average Bonchev–Trinajstić information content (AvgIpc) is 4.32. The predicted molar refractivity (Wildman–Crippen MR) is 314 cm³/mol. The molecule has 9 amide bonds. The van der Waals surface area contributed by atoms with E-state index in [1.54, 1.807) is 37.7 Å². The van der Waals surface area contributed by atoms with Gasteiger partial charge in [0.15, 0.2) is 11.6 Å². The molecule has 0 radical (unpaired) electrons. The molecule has 24 heteroatoms. The average molecular weight is 1190 g/mol. The zero-order valence-electron chi connectivity index (χ0n) is 47.3. The molecule has 0 saturated carbocycles. The molecule has 2 fully saturated rings. The molecule has 10 atom stereocenters. The molecule has 2 saturated heterocycles. The van der Waals surface area contributed by atoms with Crippen molar-refractivity contribution in [3.8, 4) is 17.2 Å². The molecule has 12 N–H and O–H groups in total. The molecule has 2 heterocycles. The summed E-state index contributed by atoms with van der Waals surface area (Å²) in [7, 11) is 0. The van der Waals surface area contributed by atoms with Gasteiger partial charge in [0.05, 0.1) is 18.0 Å². The van der Waals surface area contributed by atoms with Gasteiger partial charge < -0.3 is 58.5 Å². The van der Waals surface area contributed by atoms with Crippen LogP contribution in [0.25, 0.3) is 0 Å². The van der Waals surface area contributed by atoms with Crippen LogP contribution in [0.5, 0.6) is 17.2 Å². The number of ketones is 2. The van der Waals surface area contributed by atoms with E-state index in [9.17, 15) is 57.8 Å². The monoisotopic (exact) mass is 1190 g/mol. The third-order valence-electron chi connectivity index (χ3n) is 14.7. The van der Waals surface area contributed by atoms with E-state index < -0.39 is 132 Å². The van der Waals surface area contributed by atoms with Gasteiger partial charge in [0.25, 0.3) is 0 Å². The van der Waals surface area contributed by atoms with Crippen LogP contribution in [0.15, 0.2) is 78.9 Å². The van der Waals surface area contributed by atoms with Gasteiger partial charge in [0.1, 0.15) is 41.4 Å². The standard InChI is InChI=1S/C59H79N9O13S2/c1-5-34(4)53(67-56(77)44(27-35-13-17-39(69)18-14-35)65-55(76)38-29-49(83-32-38)36-15-19-41(20-16-36)81-40-10-7-6-8-11-40)58(79)63-42(21-23-50(60)72)48(71)28-37(30-52(62)74)54(75)66-45(31-82)59(80)68-25-9-12-46(68)57(78)64-43(26-33(2)3)47(70)22-24-51(61)73/h6-8,10-11,13-20,33-34,37-38,42-46,49,53,69,82H,5,9,12,21-32H2,1-4H3,(H2,60,72)(H2,61,73)(H2,62,74)(H,63,79)(H,64,78)(H,65,76)(H,66,75)(H,67,77)/t34-,37?,38?,42?,43-,44-,45-,46?,49?,53?/m0/s1. The normalized spacial score (nSPS) is 18.2. The summed E-state index contributed by atoms with van der Waals surface area (Å²) in [5.41, 5.74) is 17.9. The third-order valence-corrected chi connectivity index (χ3v) is 16.5. The molecule has 2 aliphatic rings. The van der Waals surface area contributed by atoms with Gasteiger partial charge in [-0.1, -0.05) is 76.6 Å². The van der Waals surface area contributed by atoms with Crippen LogP contribution in [0, 0.1) is 23.7 Å².